The molecule has 0 aliphatic carbocycles. The predicted octanol–water partition coefficient (Wildman–Crippen LogP) is 4.45. The highest BCUT2D eigenvalue weighted by molar-refractivity contribution is 7.81. The first-order chi connectivity index (χ1) is 8.63. The molecule has 0 aliphatic heterocycles. The summed E-state index contributed by atoms with van der Waals surface area (Å²) in [4.78, 5) is 11.0. The van der Waals surface area contributed by atoms with E-state index in [0.717, 1.165) is 0 Å². The van der Waals surface area contributed by atoms with Crippen LogP contribution in [0, 0.1) is 6.92 Å². The molecule has 2 aromatic carbocycles. The summed E-state index contributed by atoms with van der Waals surface area (Å²) in [7, 11) is 0. The lowest BCUT2D eigenvalue weighted by Gasteiger charge is -1.95. The van der Waals surface area contributed by atoms with Gasteiger partial charge in [-0.3, -0.25) is 4.79 Å². The number of halogens is 1. The molecule has 0 bridgehead atoms. The van der Waals surface area contributed by atoms with Gasteiger partial charge in [-0.15, -0.1) is 0 Å². The number of Topliss-reactive ketones (excluding diaryl/α,β-unsaturated/α-hetero) is 1. The van der Waals surface area contributed by atoms with Gasteiger partial charge in [-0.1, -0.05) is 47.5 Å². The number of thiol groups is 1. The van der Waals surface area contributed by atoms with Crippen LogP contribution < -0.4 is 0 Å². The van der Waals surface area contributed by atoms with E-state index < -0.39 is 0 Å². The number of ketones is 1. The van der Waals surface area contributed by atoms with E-state index in [0.29, 0.717) is 10.6 Å². The molecule has 18 heavy (non-hydrogen) atoms. The van der Waals surface area contributed by atoms with Crippen LogP contribution in [-0.2, 0) is 0 Å². The first-order valence-electron chi connectivity index (χ1n) is 5.54. The Kier molecular flexibility index (Phi) is 6.55. The molecule has 0 aromatic heterocycles. The molecule has 94 valence electrons. The molecule has 1 nitrogen and oxygen atoms in total. The second kappa shape index (κ2) is 7.96. The summed E-state index contributed by atoms with van der Waals surface area (Å²) in [5.41, 5.74) is 1.98. The molecule has 2 rings (SSSR count). The van der Waals surface area contributed by atoms with E-state index in [2.05, 4.69) is 31.7 Å². The van der Waals surface area contributed by atoms with Crippen LogP contribution in [0.1, 0.15) is 15.9 Å². The Morgan fingerprint density at radius 3 is 2.00 bits per heavy atom. The zero-order chi connectivity index (χ0) is 13.4. The average molecular weight is 279 g/mol. The molecule has 0 aliphatic rings. The van der Waals surface area contributed by atoms with Gasteiger partial charge in [0.05, 0.1) is 5.75 Å². The Morgan fingerprint density at radius 1 is 1.06 bits per heavy atom. The number of hydrogen-bond donors (Lipinski definition) is 1. The standard InChI is InChI=1S/C8H7ClOS.C7H8/c9-7-3-1-6(2-4-7)8(10)5-11;1-7-5-3-2-4-6-7/h1-4,11H,5H2;2-6H,1H3. The molecule has 0 fully saturated rings. The van der Waals surface area contributed by atoms with Gasteiger partial charge in [0.25, 0.3) is 0 Å². The van der Waals surface area contributed by atoms with Gasteiger partial charge in [0.1, 0.15) is 0 Å². The van der Waals surface area contributed by atoms with Crippen LogP contribution in [0.15, 0.2) is 54.6 Å². The third-order valence-electron chi connectivity index (χ3n) is 2.25. The van der Waals surface area contributed by atoms with Crippen molar-refractivity contribution in [3.63, 3.8) is 0 Å². The molecule has 0 radical (unpaired) electrons. The third kappa shape index (κ3) is 5.39. The molecule has 0 heterocycles. The van der Waals surface area contributed by atoms with Gasteiger partial charge in [0.15, 0.2) is 5.78 Å². The van der Waals surface area contributed by atoms with Crippen LogP contribution in [0.5, 0.6) is 0 Å². The molecule has 0 saturated carbocycles. The van der Waals surface area contributed by atoms with Crippen molar-refractivity contribution in [1.82, 2.24) is 0 Å². The van der Waals surface area contributed by atoms with Crippen molar-refractivity contribution >= 4 is 30.0 Å². The van der Waals surface area contributed by atoms with E-state index in [1.54, 1.807) is 24.3 Å². The van der Waals surface area contributed by atoms with Crippen molar-refractivity contribution in [2.75, 3.05) is 5.75 Å². The smallest absolute Gasteiger partial charge is 0.172 e. The predicted molar refractivity (Wildman–Crippen MR) is 80.8 cm³/mol. The summed E-state index contributed by atoms with van der Waals surface area (Å²) in [6.07, 6.45) is 0. The fourth-order valence-corrected chi connectivity index (χ4v) is 1.57. The highest BCUT2D eigenvalue weighted by Gasteiger charge is 2.00. The van der Waals surface area contributed by atoms with Gasteiger partial charge < -0.3 is 0 Å². The summed E-state index contributed by atoms with van der Waals surface area (Å²) in [6.45, 7) is 2.08. The fraction of sp³-hybridized carbons (Fsp3) is 0.133. The van der Waals surface area contributed by atoms with Crippen LogP contribution in [0.3, 0.4) is 0 Å². The lowest BCUT2D eigenvalue weighted by molar-refractivity contribution is 0.102. The van der Waals surface area contributed by atoms with Crippen molar-refractivity contribution in [1.29, 1.82) is 0 Å². The first-order valence-corrected chi connectivity index (χ1v) is 6.56. The lowest BCUT2D eigenvalue weighted by Crippen LogP contribution is -1.98. The van der Waals surface area contributed by atoms with E-state index in [-0.39, 0.29) is 11.5 Å². The maximum Gasteiger partial charge on any atom is 0.172 e. The molecule has 0 atom stereocenters. The molecular weight excluding hydrogens is 264 g/mol. The van der Waals surface area contributed by atoms with Gasteiger partial charge in [-0.05, 0) is 31.2 Å². The SMILES string of the molecule is Cc1ccccc1.O=C(CS)c1ccc(Cl)cc1. The minimum atomic E-state index is 0.0185. The number of aryl methyl sites for hydroxylation is 1. The summed E-state index contributed by atoms with van der Waals surface area (Å²) in [5, 5.41) is 0.640. The Labute approximate surface area is 118 Å². The minimum absolute atomic E-state index is 0.0185. The van der Waals surface area contributed by atoms with Crippen molar-refractivity contribution in [3.05, 3.63) is 70.7 Å². The van der Waals surface area contributed by atoms with E-state index in [4.69, 9.17) is 11.6 Å². The number of benzene rings is 2. The zero-order valence-electron chi connectivity index (χ0n) is 10.1. The van der Waals surface area contributed by atoms with Gasteiger partial charge in [-0.2, -0.15) is 12.6 Å². The van der Waals surface area contributed by atoms with Crippen molar-refractivity contribution in [2.45, 2.75) is 6.92 Å². The van der Waals surface area contributed by atoms with Crippen LogP contribution >= 0.6 is 24.2 Å². The number of hydrogen-bond acceptors (Lipinski definition) is 2. The highest BCUT2D eigenvalue weighted by Crippen LogP contribution is 2.10. The summed E-state index contributed by atoms with van der Waals surface area (Å²) in [5.74, 6) is 0.256. The Balaban J connectivity index is 0.000000199. The second-order valence-electron chi connectivity index (χ2n) is 3.74. The second-order valence-corrected chi connectivity index (χ2v) is 4.50. The molecule has 3 heteroatoms. The van der Waals surface area contributed by atoms with Crippen molar-refractivity contribution < 1.29 is 4.79 Å². The molecule has 0 spiro atoms. The van der Waals surface area contributed by atoms with Gasteiger partial charge in [-0.25, -0.2) is 0 Å². The summed E-state index contributed by atoms with van der Waals surface area (Å²) in [6, 6.07) is 17.0. The van der Waals surface area contributed by atoms with Gasteiger partial charge in [0.2, 0.25) is 0 Å². The van der Waals surface area contributed by atoms with Crippen molar-refractivity contribution in [2.24, 2.45) is 0 Å². The number of rotatable bonds is 2. The average Bonchev–Trinajstić information content (AvgIpc) is 2.40. The summed E-state index contributed by atoms with van der Waals surface area (Å²) < 4.78 is 0. The molecule has 0 N–H and O–H groups in total. The maximum absolute atomic E-state index is 11.0. The lowest BCUT2D eigenvalue weighted by atomic mass is 10.1. The van der Waals surface area contributed by atoms with E-state index in [9.17, 15) is 4.79 Å². The van der Waals surface area contributed by atoms with Crippen LogP contribution in [0.25, 0.3) is 0 Å². The monoisotopic (exact) mass is 278 g/mol. The zero-order valence-corrected chi connectivity index (χ0v) is 11.8. The van der Waals surface area contributed by atoms with Crippen LogP contribution in [-0.4, -0.2) is 11.5 Å². The molecule has 0 unspecified atom stereocenters. The molecule has 0 amide bonds. The Morgan fingerprint density at radius 2 is 1.61 bits per heavy atom. The quantitative estimate of drug-likeness (QED) is 0.634. The first kappa shape index (κ1) is 14.8. The summed E-state index contributed by atoms with van der Waals surface area (Å²) >= 11 is 9.50. The molecule has 0 saturated heterocycles. The minimum Gasteiger partial charge on any atom is -0.293 e. The largest absolute Gasteiger partial charge is 0.293 e. The van der Waals surface area contributed by atoms with E-state index >= 15 is 0 Å². The Hall–Kier alpha value is -1.25. The maximum atomic E-state index is 11.0. The number of carbonyl (C=O) groups is 1. The van der Waals surface area contributed by atoms with Crippen molar-refractivity contribution in [3.8, 4) is 0 Å². The molecule has 2 aromatic rings. The molecular formula is C15H15ClOS. The van der Waals surface area contributed by atoms with E-state index in [1.165, 1.54) is 5.56 Å². The number of carbonyl (C=O) groups excluding carboxylic acids is 1. The highest BCUT2D eigenvalue weighted by atomic mass is 35.5. The Bertz CT molecular complexity index is 480. The van der Waals surface area contributed by atoms with E-state index in [1.807, 2.05) is 18.2 Å². The van der Waals surface area contributed by atoms with Gasteiger partial charge >= 0.3 is 0 Å². The third-order valence-corrected chi connectivity index (χ3v) is 2.79. The topological polar surface area (TPSA) is 17.1 Å². The fourth-order valence-electron chi connectivity index (χ4n) is 1.26. The van der Waals surface area contributed by atoms with Crippen LogP contribution in [0.2, 0.25) is 5.02 Å². The normalized spacial score (nSPS) is 9.28. The van der Waals surface area contributed by atoms with Gasteiger partial charge in [0, 0.05) is 10.6 Å². The van der Waals surface area contributed by atoms with Crippen LogP contribution in [0.4, 0.5) is 0 Å².